The van der Waals surface area contributed by atoms with Gasteiger partial charge in [-0.25, -0.2) is 8.42 Å². The van der Waals surface area contributed by atoms with E-state index in [9.17, 15) is 13.2 Å². The number of piperidine rings is 1. The molecule has 3 rings (SSSR count). The van der Waals surface area contributed by atoms with Crippen molar-refractivity contribution < 1.29 is 13.2 Å². The Morgan fingerprint density at radius 1 is 1.12 bits per heavy atom. The summed E-state index contributed by atoms with van der Waals surface area (Å²) in [5, 5.41) is 2.91. The molecule has 6 nitrogen and oxygen atoms in total. The number of anilines is 1. The van der Waals surface area contributed by atoms with Crippen LogP contribution >= 0.6 is 11.8 Å². The van der Waals surface area contributed by atoms with Crippen molar-refractivity contribution in [3.05, 3.63) is 54.1 Å². The summed E-state index contributed by atoms with van der Waals surface area (Å²) < 4.78 is 26.6. The van der Waals surface area contributed by atoms with Gasteiger partial charge in [-0.05, 0) is 73.9 Å². The molecule has 0 aromatic heterocycles. The largest absolute Gasteiger partial charge is 0.372 e. The van der Waals surface area contributed by atoms with Crippen LogP contribution in [-0.4, -0.2) is 51.6 Å². The summed E-state index contributed by atoms with van der Waals surface area (Å²) in [4.78, 5) is 16.1. The standard InChI is InChI=1S/C24H33N3O3S2/c1-18-13-15-27(16-14-18)21-7-5-20(6-8-21)19(2)25-24(28)17-26(3)32(29,30)23-11-9-22(31-4)10-12-23/h5-12,18-19H,13-17H2,1-4H3,(H,25,28)/t19-/m0/s1. The van der Waals surface area contributed by atoms with Crippen LogP contribution in [0.15, 0.2) is 58.3 Å². The SMILES string of the molecule is CSc1ccc(S(=O)(=O)N(C)CC(=O)N[C@@H](C)c2ccc(N3CCC(C)CC3)cc2)cc1. The summed E-state index contributed by atoms with van der Waals surface area (Å²) >= 11 is 1.55. The number of nitrogens with one attached hydrogen (secondary N) is 1. The first-order valence-corrected chi connectivity index (χ1v) is 13.6. The van der Waals surface area contributed by atoms with E-state index in [2.05, 4.69) is 29.3 Å². The van der Waals surface area contributed by atoms with Gasteiger partial charge >= 0.3 is 0 Å². The first kappa shape index (κ1) is 24.6. The van der Waals surface area contributed by atoms with Gasteiger partial charge in [0.15, 0.2) is 0 Å². The van der Waals surface area contributed by atoms with Crippen LogP contribution in [0.5, 0.6) is 0 Å². The number of hydrogen-bond acceptors (Lipinski definition) is 5. The van der Waals surface area contributed by atoms with Crippen molar-refractivity contribution in [3.63, 3.8) is 0 Å². The molecule has 174 valence electrons. The van der Waals surface area contributed by atoms with E-state index in [1.165, 1.54) is 25.6 Å². The molecule has 1 aliphatic rings. The summed E-state index contributed by atoms with van der Waals surface area (Å²) in [5.41, 5.74) is 2.20. The van der Waals surface area contributed by atoms with Crippen LogP contribution < -0.4 is 10.2 Å². The van der Waals surface area contributed by atoms with Crippen LogP contribution in [-0.2, 0) is 14.8 Å². The Hall–Kier alpha value is -2.03. The van der Waals surface area contributed by atoms with E-state index in [1.807, 2.05) is 25.3 Å². The number of rotatable bonds is 8. The highest BCUT2D eigenvalue weighted by atomic mass is 32.2. The van der Waals surface area contributed by atoms with Gasteiger partial charge in [-0.2, -0.15) is 4.31 Å². The zero-order valence-corrected chi connectivity index (χ0v) is 20.9. The highest BCUT2D eigenvalue weighted by Gasteiger charge is 2.24. The molecule has 1 atom stereocenters. The Bertz CT molecular complexity index is 1000. The summed E-state index contributed by atoms with van der Waals surface area (Å²) in [5.74, 6) is 0.454. The average molecular weight is 476 g/mol. The zero-order chi connectivity index (χ0) is 23.3. The second-order valence-corrected chi connectivity index (χ2v) is 11.4. The molecule has 2 aromatic rings. The van der Waals surface area contributed by atoms with Crippen molar-refractivity contribution in [2.75, 3.05) is 37.8 Å². The third-order valence-corrected chi connectivity index (χ3v) is 8.61. The molecule has 0 radical (unpaired) electrons. The molecule has 32 heavy (non-hydrogen) atoms. The number of sulfonamides is 1. The number of hydrogen-bond donors (Lipinski definition) is 1. The van der Waals surface area contributed by atoms with Crippen molar-refractivity contribution in [3.8, 4) is 0 Å². The number of carbonyl (C=O) groups excluding carboxylic acids is 1. The van der Waals surface area contributed by atoms with Crippen LogP contribution in [0, 0.1) is 5.92 Å². The monoisotopic (exact) mass is 475 g/mol. The predicted molar refractivity (Wildman–Crippen MR) is 132 cm³/mol. The van der Waals surface area contributed by atoms with Gasteiger partial charge in [0.1, 0.15) is 0 Å². The molecule has 0 saturated carbocycles. The lowest BCUT2D eigenvalue weighted by Crippen LogP contribution is -2.39. The van der Waals surface area contributed by atoms with Gasteiger partial charge in [0.25, 0.3) is 0 Å². The number of carbonyl (C=O) groups is 1. The number of benzene rings is 2. The minimum absolute atomic E-state index is 0.182. The first-order chi connectivity index (χ1) is 15.2. The first-order valence-electron chi connectivity index (χ1n) is 11.0. The van der Waals surface area contributed by atoms with Gasteiger partial charge in [-0.15, -0.1) is 11.8 Å². The highest BCUT2D eigenvalue weighted by molar-refractivity contribution is 7.98. The number of thioether (sulfide) groups is 1. The maximum atomic E-state index is 12.8. The Labute approximate surface area is 196 Å². The van der Waals surface area contributed by atoms with Gasteiger partial charge in [-0.1, -0.05) is 19.1 Å². The molecule has 0 aliphatic carbocycles. The van der Waals surface area contributed by atoms with E-state index in [4.69, 9.17) is 0 Å². The molecule has 1 heterocycles. The van der Waals surface area contributed by atoms with Crippen LogP contribution in [0.3, 0.4) is 0 Å². The molecule has 0 bridgehead atoms. The summed E-state index contributed by atoms with van der Waals surface area (Å²) in [6, 6.07) is 14.7. The molecular weight excluding hydrogens is 442 g/mol. The van der Waals surface area contributed by atoms with Gasteiger partial charge < -0.3 is 10.2 Å². The molecule has 0 unspecified atom stereocenters. The Balaban J connectivity index is 1.56. The molecule has 1 fully saturated rings. The van der Waals surface area contributed by atoms with Gasteiger partial charge in [-0.3, -0.25) is 4.79 Å². The van der Waals surface area contributed by atoms with Crippen LogP contribution in [0.25, 0.3) is 0 Å². The maximum Gasteiger partial charge on any atom is 0.243 e. The molecule has 8 heteroatoms. The van der Waals surface area contributed by atoms with Crippen LogP contribution in [0.1, 0.15) is 38.3 Å². The summed E-state index contributed by atoms with van der Waals surface area (Å²) in [6.07, 6.45) is 4.36. The fraction of sp³-hybridized carbons (Fsp3) is 0.458. The van der Waals surface area contributed by atoms with E-state index in [0.29, 0.717) is 0 Å². The number of likely N-dealkylation sites (N-methyl/N-ethyl adjacent to an activating group) is 1. The third kappa shape index (κ3) is 6.05. The lowest BCUT2D eigenvalue weighted by Gasteiger charge is -2.32. The zero-order valence-electron chi connectivity index (χ0n) is 19.2. The average Bonchev–Trinajstić information content (AvgIpc) is 2.79. The predicted octanol–water partition coefficient (Wildman–Crippen LogP) is 4.14. The van der Waals surface area contributed by atoms with Crippen LogP contribution in [0.2, 0.25) is 0 Å². The van der Waals surface area contributed by atoms with Crippen molar-refractivity contribution in [2.24, 2.45) is 5.92 Å². The van der Waals surface area contributed by atoms with E-state index < -0.39 is 10.0 Å². The van der Waals surface area contributed by atoms with Gasteiger partial charge in [0.2, 0.25) is 15.9 Å². The van der Waals surface area contributed by atoms with E-state index in [0.717, 1.165) is 33.8 Å². The molecular formula is C24H33N3O3S2. The molecule has 1 amide bonds. The number of nitrogens with zero attached hydrogens (tertiary/aromatic N) is 2. The van der Waals surface area contributed by atoms with Crippen LogP contribution in [0.4, 0.5) is 5.69 Å². The van der Waals surface area contributed by atoms with Gasteiger partial charge in [0, 0.05) is 30.7 Å². The summed E-state index contributed by atoms with van der Waals surface area (Å²) in [7, 11) is -2.30. The molecule has 1 N–H and O–H groups in total. The third-order valence-electron chi connectivity index (χ3n) is 6.05. The molecule has 1 aliphatic heterocycles. The normalized spacial score (nSPS) is 16.2. The Morgan fingerprint density at radius 2 is 1.72 bits per heavy atom. The lowest BCUT2D eigenvalue weighted by atomic mass is 9.98. The second-order valence-electron chi connectivity index (χ2n) is 8.49. The Kier molecular flexibility index (Phi) is 8.25. The topological polar surface area (TPSA) is 69.7 Å². The molecule has 1 saturated heterocycles. The smallest absolute Gasteiger partial charge is 0.243 e. The quantitative estimate of drug-likeness (QED) is 0.581. The Morgan fingerprint density at radius 3 is 2.28 bits per heavy atom. The highest BCUT2D eigenvalue weighted by Crippen LogP contribution is 2.25. The van der Waals surface area contributed by atoms with Crippen molar-refractivity contribution >= 4 is 33.4 Å². The second kappa shape index (κ2) is 10.7. The summed E-state index contributed by atoms with van der Waals surface area (Å²) in [6.45, 7) is 6.13. The van der Waals surface area contributed by atoms with Crippen molar-refractivity contribution in [2.45, 2.75) is 42.5 Å². The van der Waals surface area contributed by atoms with Gasteiger partial charge in [0.05, 0.1) is 17.5 Å². The fourth-order valence-electron chi connectivity index (χ4n) is 3.83. The fourth-order valence-corrected chi connectivity index (χ4v) is 5.36. The minimum Gasteiger partial charge on any atom is -0.372 e. The number of amides is 1. The van der Waals surface area contributed by atoms with Crippen molar-refractivity contribution in [1.29, 1.82) is 0 Å². The molecule has 2 aromatic carbocycles. The van der Waals surface area contributed by atoms with E-state index >= 15 is 0 Å². The minimum atomic E-state index is -3.72. The van der Waals surface area contributed by atoms with Crippen molar-refractivity contribution in [1.82, 2.24) is 9.62 Å². The maximum absolute atomic E-state index is 12.8. The van der Waals surface area contributed by atoms with E-state index in [1.54, 1.807) is 36.0 Å². The lowest BCUT2D eigenvalue weighted by molar-refractivity contribution is -0.121. The van der Waals surface area contributed by atoms with E-state index in [-0.39, 0.29) is 23.4 Å². The molecule has 0 spiro atoms.